The van der Waals surface area contributed by atoms with Crippen molar-refractivity contribution in [1.29, 1.82) is 0 Å². The molecule has 0 radical (unpaired) electrons. The Balaban J connectivity index is 2.05. The molecule has 2 aromatic rings. The second kappa shape index (κ2) is 6.04. The molecule has 0 fully saturated rings. The number of aromatic nitrogens is 2. The minimum absolute atomic E-state index is 0.0823. The number of sulfonamides is 1. The first-order chi connectivity index (χ1) is 9.49. The maximum Gasteiger partial charge on any atom is 0.238 e. The molecule has 0 atom stereocenters. The first-order valence-electron chi connectivity index (χ1n) is 5.90. The molecule has 0 saturated carbocycles. The molecule has 108 valence electrons. The molecule has 0 amide bonds. The number of primary sulfonamides is 1. The Hall–Kier alpha value is -1.90. The van der Waals surface area contributed by atoms with Crippen LogP contribution in [0.4, 0.5) is 11.4 Å². The molecule has 1 heterocycles. The standard InChI is InChI=1S/C12H16N4O3S/c1-19-7-6-16-9-11(8-14-16)15-10-2-4-12(5-3-10)20(13,17)18/h2-5,8-9,15H,6-7H2,1H3,(H2,13,17,18). The predicted octanol–water partition coefficient (Wildman–Crippen LogP) is 0.921. The maximum absolute atomic E-state index is 11.1. The Kier molecular flexibility index (Phi) is 4.38. The number of hydrogen-bond acceptors (Lipinski definition) is 5. The van der Waals surface area contributed by atoms with Crippen molar-refractivity contribution in [3.8, 4) is 0 Å². The van der Waals surface area contributed by atoms with Gasteiger partial charge >= 0.3 is 0 Å². The number of nitrogens with two attached hydrogens (primary N) is 1. The predicted molar refractivity (Wildman–Crippen MR) is 75.2 cm³/mol. The Bertz CT molecular complexity index is 664. The maximum atomic E-state index is 11.1. The minimum Gasteiger partial charge on any atom is -0.383 e. The van der Waals surface area contributed by atoms with E-state index in [0.29, 0.717) is 13.2 Å². The van der Waals surface area contributed by atoms with E-state index >= 15 is 0 Å². The Labute approximate surface area is 117 Å². The van der Waals surface area contributed by atoms with Crippen LogP contribution in [-0.2, 0) is 21.3 Å². The van der Waals surface area contributed by atoms with Crippen LogP contribution in [0.3, 0.4) is 0 Å². The second-order valence-corrected chi connectivity index (χ2v) is 5.74. The summed E-state index contributed by atoms with van der Waals surface area (Å²) in [5.41, 5.74) is 1.56. The molecule has 1 aromatic carbocycles. The van der Waals surface area contributed by atoms with E-state index in [9.17, 15) is 8.42 Å². The molecule has 0 saturated heterocycles. The summed E-state index contributed by atoms with van der Waals surface area (Å²) in [6.07, 6.45) is 3.52. The van der Waals surface area contributed by atoms with E-state index in [2.05, 4.69) is 10.4 Å². The largest absolute Gasteiger partial charge is 0.383 e. The average molecular weight is 296 g/mol. The van der Waals surface area contributed by atoms with Crippen molar-refractivity contribution in [2.75, 3.05) is 19.0 Å². The highest BCUT2D eigenvalue weighted by Gasteiger charge is 2.07. The lowest BCUT2D eigenvalue weighted by molar-refractivity contribution is 0.183. The van der Waals surface area contributed by atoms with E-state index in [0.717, 1.165) is 11.4 Å². The molecule has 1 aromatic heterocycles. The second-order valence-electron chi connectivity index (χ2n) is 4.18. The lowest BCUT2D eigenvalue weighted by atomic mass is 10.3. The van der Waals surface area contributed by atoms with E-state index in [1.807, 2.05) is 6.20 Å². The zero-order chi connectivity index (χ0) is 14.6. The Morgan fingerprint density at radius 3 is 2.60 bits per heavy atom. The van der Waals surface area contributed by atoms with Crippen LogP contribution in [0, 0.1) is 0 Å². The molecule has 7 nitrogen and oxygen atoms in total. The van der Waals surface area contributed by atoms with Gasteiger partial charge in [0.15, 0.2) is 0 Å². The van der Waals surface area contributed by atoms with Gasteiger partial charge in [0.2, 0.25) is 10.0 Å². The normalized spacial score (nSPS) is 11.5. The van der Waals surface area contributed by atoms with Crippen LogP contribution in [-0.4, -0.2) is 31.9 Å². The molecular weight excluding hydrogens is 280 g/mol. The van der Waals surface area contributed by atoms with Crippen LogP contribution >= 0.6 is 0 Å². The van der Waals surface area contributed by atoms with Crippen molar-refractivity contribution in [2.45, 2.75) is 11.4 Å². The van der Waals surface area contributed by atoms with Crippen LogP contribution in [0.1, 0.15) is 0 Å². The molecule has 8 heteroatoms. The topological polar surface area (TPSA) is 99.2 Å². The van der Waals surface area contributed by atoms with E-state index < -0.39 is 10.0 Å². The summed E-state index contributed by atoms with van der Waals surface area (Å²) in [5, 5.41) is 12.3. The van der Waals surface area contributed by atoms with Gasteiger partial charge in [0, 0.05) is 19.0 Å². The molecule has 0 aliphatic heterocycles. The number of methoxy groups -OCH3 is 1. The van der Waals surface area contributed by atoms with Crippen LogP contribution in [0.2, 0.25) is 0 Å². The van der Waals surface area contributed by atoms with Crippen molar-refractivity contribution in [3.63, 3.8) is 0 Å². The van der Waals surface area contributed by atoms with Crippen molar-refractivity contribution in [1.82, 2.24) is 9.78 Å². The first-order valence-corrected chi connectivity index (χ1v) is 7.45. The summed E-state index contributed by atoms with van der Waals surface area (Å²) in [7, 11) is -2.02. The van der Waals surface area contributed by atoms with Gasteiger partial charge in [0.05, 0.1) is 29.9 Å². The minimum atomic E-state index is -3.66. The average Bonchev–Trinajstić information content (AvgIpc) is 2.83. The molecule has 0 bridgehead atoms. The highest BCUT2D eigenvalue weighted by atomic mass is 32.2. The van der Waals surface area contributed by atoms with Crippen molar-refractivity contribution >= 4 is 21.4 Å². The van der Waals surface area contributed by atoms with Crippen LogP contribution in [0.25, 0.3) is 0 Å². The van der Waals surface area contributed by atoms with Gasteiger partial charge in [-0.05, 0) is 24.3 Å². The highest BCUT2D eigenvalue weighted by molar-refractivity contribution is 7.89. The molecule has 2 rings (SSSR count). The fourth-order valence-electron chi connectivity index (χ4n) is 1.63. The lowest BCUT2D eigenvalue weighted by Gasteiger charge is -2.04. The van der Waals surface area contributed by atoms with E-state index in [1.54, 1.807) is 30.1 Å². The zero-order valence-electron chi connectivity index (χ0n) is 11.0. The quantitative estimate of drug-likeness (QED) is 0.825. The molecule has 0 aliphatic rings. The fraction of sp³-hybridized carbons (Fsp3) is 0.250. The van der Waals surface area contributed by atoms with Crippen LogP contribution < -0.4 is 10.5 Å². The van der Waals surface area contributed by atoms with Gasteiger partial charge in [0.1, 0.15) is 0 Å². The fourth-order valence-corrected chi connectivity index (χ4v) is 2.15. The number of anilines is 2. The molecule has 0 aliphatic carbocycles. The number of rotatable bonds is 6. The van der Waals surface area contributed by atoms with Crippen LogP contribution in [0.15, 0.2) is 41.6 Å². The highest BCUT2D eigenvalue weighted by Crippen LogP contribution is 2.17. The van der Waals surface area contributed by atoms with Gasteiger partial charge in [-0.15, -0.1) is 0 Å². The Morgan fingerprint density at radius 2 is 2.00 bits per heavy atom. The number of ether oxygens (including phenoxy) is 1. The van der Waals surface area contributed by atoms with Crippen molar-refractivity contribution in [3.05, 3.63) is 36.7 Å². The SMILES string of the molecule is COCCn1cc(Nc2ccc(S(N)(=O)=O)cc2)cn1. The smallest absolute Gasteiger partial charge is 0.238 e. The summed E-state index contributed by atoms with van der Waals surface area (Å²) >= 11 is 0. The van der Waals surface area contributed by atoms with Gasteiger partial charge in [-0.1, -0.05) is 0 Å². The summed E-state index contributed by atoms with van der Waals surface area (Å²) in [6.45, 7) is 1.26. The van der Waals surface area contributed by atoms with Gasteiger partial charge in [-0.25, -0.2) is 13.6 Å². The molecular formula is C12H16N4O3S. The Morgan fingerprint density at radius 1 is 1.30 bits per heavy atom. The number of benzene rings is 1. The third-order valence-corrected chi connectivity index (χ3v) is 3.56. The van der Waals surface area contributed by atoms with Gasteiger partial charge in [0.25, 0.3) is 0 Å². The van der Waals surface area contributed by atoms with E-state index in [4.69, 9.17) is 9.88 Å². The van der Waals surface area contributed by atoms with E-state index in [-0.39, 0.29) is 4.90 Å². The van der Waals surface area contributed by atoms with Gasteiger partial charge in [-0.3, -0.25) is 4.68 Å². The molecule has 0 spiro atoms. The molecule has 3 N–H and O–H groups in total. The van der Waals surface area contributed by atoms with Crippen LogP contribution in [0.5, 0.6) is 0 Å². The zero-order valence-corrected chi connectivity index (χ0v) is 11.8. The van der Waals surface area contributed by atoms with E-state index in [1.165, 1.54) is 12.1 Å². The van der Waals surface area contributed by atoms with Crippen molar-refractivity contribution in [2.24, 2.45) is 5.14 Å². The van der Waals surface area contributed by atoms with Crippen molar-refractivity contribution < 1.29 is 13.2 Å². The molecule has 20 heavy (non-hydrogen) atoms. The number of hydrogen-bond donors (Lipinski definition) is 2. The van der Waals surface area contributed by atoms with Gasteiger partial charge in [-0.2, -0.15) is 5.10 Å². The summed E-state index contributed by atoms with van der Waals surface area (Å²) < 4.78 is 29.0. The third-order valence-electron chi connectivity index (χ3n) is 2.63. The summed E-state index contributed by atoms with van der Waals surface area (Å²) in [6, 6.07) is 6.19. The number of nitrogens with one attached hydrogen (secondary N) is 1. The summed E-state index contributed by atoms with van der Waals surface area (Å²) in [5.74, 6) is 0. The summed E-state index contributed by atoms with van der Waals surface area (Å²) in [4.78, 5) is 0.0823. The monoisotopic (exact) mass is 296 g/mol. The lowest BCUT2D eigenvalue weighted by Crippen LogP contribution is -2.11. The van der Waals surface area contributed by atoms with Gasteiger partial charge < -0.3 is 10.1 Å². The molecule has 0 unspecified atom stereocenters. The third kappa shape index (κ3) is 3.80. The first kappa shape index (κ1) is 14.5. The number of nitrogens with zero attached hydrogens (tertiary/aromatic N) is 2.